The normalized spacial score (nSPS) is 12.1. The molecular weight excluding hydrogens is 276 g/mol. The lowest BCUT2D eigenvalue weighted by Crippen LogP contribution is -2.23. The van der Waals surface area contributed by atoms with Gasteiger partial charge < -0.3 is 0 Å². The number of benzene rings is 2. The highest BCUT2D eigenvalue weighted by Crippen LogP contribution is 2.39. The predicted octanol–water partition coefficient (Wildman–Crippen LogP) is 6.52. The Morgan fingerprint density at radius 2 is 1.35 bits per heavy atom. The van der Waals surface area contributed by atoms with Crippen molar-refractivity contribution in [2.45, 2.75) is 67.7 Å². The monoisotopic (exact) mass is 307 g/mol. The third-order valence-corrected chi connectivity index (χ3v) is 5.71. The van der Waals surface area contributed by atoms with Gasteiger partial charge in [-0.05, 0) is 85.0 Å². The molecule has 2 rings (SSSR count). The minimum absolute atomic E-state index is 0.00282. The fourth-order valence-corrected chi connectivity index (χ4v) is 3.79. The molecule has 0 unspecified atom stereocenters. The summed E-state index contributed by atoms with van der Waals surface area (Å²) in [6.45, 7) is 20.4. The third kappa shape index (κ3) is 2.96. The highest BCUT2D eigenvalue weighted by atomic mass is 14.3. The van der Waals surface area contributed by atoms with E-state index >= 15 is 0 Å². The summed E-state index contributed by atoms with van der Waals surface area (Å²) < 4.78 is 0. The molecule has 0 heteroatoms. The van der Waals surface area contributed by atoms with Crippen LogP contribution in [0, 0.1) is 40.5 Å². The Balaban J connectivity index is 2.76. The summed E-state index contributed by atoms with van der Waals surface area (Å²) in [5.74, 6) is 1.39. The highest BCUT2D eigenvalue weighted by Gasteiger charge is 2.28. The first-order chi connectivity index (χ1) is 10.6. The summed E-state index contributed by atoms with van der Waals surface area (Å²) in [6, 6.07) is 9.11. The van der Waals surface area contributed by atoms with Crippen LogP contribution >= 0.6 is 0 Å². The Bertz CT molecular complexity index is 730. The fraction of sp³-hybridized carbons (Fsp3) is 0.435. The molecule has 0 heterocycles. The van der Waals surface area contributed by atoms with E-state index in [4.69, 9.17) is 0 Å². The number of aryl methyl sites for hydroxylation is 1. The fourth-order valence-electron chi connectivity index (χ4n) is 3.79. The van der Waals surface area contributed by atoms with E-state index < -0.39 is 0 Å². The van der Waals surface area contributed by atoms with Crippen LogP contribution in [0.4, 0.5) is 0 Å². The van der Waals surface area contributed by atoms with E-state index in [0.29, 0.717) is 0 Å². The minimum atomic E-state index is 0.00282. The maximum absolute atomic E-state index is 2.43. The average Bonchev–Trinajstić information content (AvgIpc) is 2.47. The Kier molecular flexibility index (Phi) is 4.76. The number of hydrogen-bond acceptors (Lipinski definition) is 0. The number of hydrogen-bond donors (Lipinski definition) is 0. The van der Waals surface area contributed by atoms with Crippen molar-refractivity contribution in [1.29, 1.82) is 0 Å². The first-order valence-electron chi connectivity index (χ1n) is 8.57. The van der Waals surface area contributed by atoms with Gasteiger partial charge in [0.1, 0.15) is 0 Å². The standard InChI is InChI=1S/C23H31/c1-14(2)20-13-22(19(7)17(5)18(20)6)23(8,9)21-12-10-11-15(3)16(21)4/h10-13H,1-9H3. The molecule has 0 nitrogen and oxygen atoms in total. The van der Waals surface area contributed by atoms with Crippen molar-refractivity contribution in [2.75, 3.05) is 0 Å². The highest BCUT2D eigenvalue weighted by molar-refractivity contribution is 5.55. The quantitative estimate of drug-likeness (QED) is 0.605. The third-order valence-electron chi connectivity index (χ3n) is 5.71. The molecule has 2 aromatic rings. The van der Waals surface area contributed by atoms with Gasteiger partial charge in [-0.3, -0.25) is 0 Å². The summed E-state index contributed by atoms with van der Waals surface area (Å²) in [7, 11) is 0. The van der Waals surface area contributed by atoms with Crippen LogP contribution in [0.2, 0.25) is 0 Å². The lowest BCUT2D eigenvalue weighted by Gasteiger charge is -2.32. The van der Waals surface area contributed by atoms with E-state index in [9.17, 15) is 0 Å². The molecule has 0 fully saturated rings. The van der Waals surface area contributed by atoms with Gasteiger partial charge >= 0.3 is 0 Å². The molecule has 2 aromatic carbocycles. The molecular formula is C23H31. The second-order valence-corrected chi connectivity index (χ2v) is 7.72. The van der Waals surface area contributed by atoms with E-state index in [1.165, 1.54) is 50.4 Å². The van der Waals surface area contributed by atoms with Gasteiger partial charge in [0.25, 0.3) is 0 Å². The van der Waals surface area contributed by atoms with Gasteiger partial charge in [-0.1, -0.05) is 52.0 Å². The van der Waals surface area contributed by atoms with Crippen LogP contribution in [-0.2, 0) is 5.41 Å². The Hall–Kier alpha value is -1.56. The zero-order valence-electron chi connectivity index (χ0n) is 16.3. The Morgan fingerprint density at radius 3 is 1.91 bits per heavy atom. The lowest BCUT2D eigenvalue weighted by molar-refractivity contribution is 0.628. The van der Waals surface area contributed by atoms with Gasteiger partial charge in [0.15, 0.2) is 0 Å². The Labute approximate surface area is 143 Å². The molecule has 123 valence electrons. The summed E-state index contributed by atoms with van der Waals surface area (Å²) >= 11 is 0. The summed E-state index contributed by atoms with van der Waals surface area (Å²) in [5, 5.41) is 0. The first kappa shape index (κ1) is 17.8. The molecule has 0 aliphatic rings. The molecule has 0 aromatic heterocycles. The van der Waals surface area contributed by atoms with Crippen LogP contribution < -0.4 is 0 Å². The minimum Gasteiger partial charge on any atom is -0.0617 e. The van der Waals surface area contributed by atoms with Crippen molar-refractivity contribution in [1.82, 2.24) is 0 Å². The second kappa shape index (κ2) is 6.15. The van der Waals surface area contributed by atoms with E-state index in [-0.39, 0.29) is 5.41 Å². The van der Waals surface area contributed by atoms with E-state index in [1.807, 2.05) is 0 Å². The van der Waals surface area contributed by atoms with Crippen LogP contribution in [0.25, 0.3) is 0 Å². The van der Waals surface area contributed by atoms with Crippen molar-refractivity contribution in [2.24, 2.45) is 0 Å². The lowest BCUT2D eigenvalue weighted by atomic mass is 9.71. The maximum Gasteiger partial charge on any atom is 0.0152 e. The maximum atomic E-state index is 2.43. The van der Waals surface area contributed by atoms with Gasteiger partial charge in [-0.2, -0.15) is 0 Å². The Morgan fingerprint density at radius 1 is 0.739 bits per heavy atom. The molecule has 0 aliphatic heterocycles. The van der Waals surface area contributed by atoms with Gasteiger partial charge in [0.2, 0.25) is 0 Å². The van der Waals surface area contributed by atoms with E-state index in [0.717, 1.165) is 0 Å². The largest absolute Gasteiger partial charge is 0.0617 e. The van der Waals surface area contributed by atoms with Crippen molar-refractivity contribution in [3.63, 3.8) is 0 Å². The molecule has 0 spiro atoms. The van der Waals surface area contributed by atoms with Crippen molar-refractivity contribution in [3.8, 4) is 0 Å². The molecule has 0 atom stereocenters. The van der Waals surface area contributed by atoms with Crippen LogP contribution in [0.1, 0.15) is 72.2 Å². The predicted molar refractivity (Wildman–Crippen MR) is 102 cm³/mol. The molecule has 0 saturated carbocycles. The van der Waals surface area contributed by atoms with Crippen molar-refractivity contribution >= 4 is 0 Å². The smallest absolute Gasteiger partial charge is 0.0152 e. The zero-order valence-corrected chi connectivity index (χ0v) is 16.3. The molecule has 0 amide bonds. The topological polar surface area (TPSA) is 0 Å². The van der Waals surface area contributed by atoms with E-state index in [1.54, 1.807) is 0 Å². The number of rotatable bonds is 3. The molecule has 23 heavy (non-hydrogen) atoms. The van der Waals surface area contributed by atoms with Gasteiger partial charge in [0.05, 0.1) is 0 Å². The van der Waals surface area contributed by atoms with Crippen LogP contribution in [-0.4, -0.2) is 0 Å². The molecule has 1 radical (unpaired) electrons. The summed E-state index contributed by atoms with van der Waals surface area (Å²) in [6.07, 6.45) is 0. The van der Waals surface area contributed by atoms with Crippen LogP contribution in [0.15, 0.2) is 24.3 Å². The molecule has 0 saturated heterocycles. The summed E-state index contributed by atoms with van der Waals surface area (Å²) in [5.41, 5.74) is 11.3. The second-order valence-electron chi connectivity index (χ2n) is 7.72. The van der Waals surface area contributed by atoms with Gasteiger partial charge in [0, 0.05) is 5.41 Å². The molecule has 0 N–H and O–H groups in total. The molecule has 0 bridgehead atoms. The van der Waals surface area contributed by atoms with Crippen LogP contribution in [0.3, 0.4) is 0 Å². The van der Waals surface area contributed by atoms with Crippen LogP contribution in [0.5, 0.6) is 0 Å². The van der Waals surface area contributed by atoms with E-state index in [2.05, 4.69) is 86.6 Å². The zero-order chi connectivity index (χ0) is 17.5. The average molecular weight is 308 g/mol. The van der Waals surface area contributed by atoms with Gasteiger partial charge in [-0.25, -0.2) is 0 Å². The first-order valence-corrected chi connectivity index (χ1v) is 8.57. The van der Waals surface area contributed by atoms with Crippen molar-refractivity contribution < 1.29 is 0 Å². The molecule has 0 aliphatic carbocycles. The van der Waals surface area contributed by atoms with Gasteiger partial charge in [-0.15, -0.1) is 0 Å². The summed E-state index contributed by atoms with van der Waals surface area (Å²) in [4.78, 5) is 0. The van der Waals surface area contributed by atoms with Crippen molar-refractivity contribution in [3.05, 3.63) is 74.7 Å². The SMILES string of the molecule is C[C](C)c1cc(C(C)(C)c2cccc(C)c2C)c(C)c(C)c1C.